The minimum atomic E-state index is -4.45. The molecule has 0 fully saturated rings. The monoisotopic (exact) mass is 399 g/mol. The maximum atomic E-state index is 12.6. The molecular formula is C21H16F3N3O2. The van der Waals surface area contributed by atoms with E-state index in [9.17, 15) is 22.8 Å². The lowest BCUT2D eigenvalue weighted by atomic mass is 10.1. The fourth-order valence-electron chi connectivity index (χ4n) is 2.51. The van der Waals surface area contributed by atoms with Crippen LogP contribution in [0, 0.1) is 0 Å². The minimum Gasteiger partial charge on any atom is -0.348 e. The molecule has 0 saturated heterocycles. The molecule has 29 heavy (non-hydrogen) atoms. The molecule has 0 unspecified atom stereocenters. The number of anilines is 1. The van der Waals surface area contributed by atoms with Gasteiger partial charge in [-0.15, -0.1) is 0 Å². The van der Waals surface area contributed by atoms with Crippen LogP contribution in [0.15, 0.2) is 72.9 Å². The zero-order valence-corrected chi connectivity index (χ0v) is 15.0. The van der Waals surface area contributed by atoms with Crippen LogP contribution >= 0.6 is 0 Å². The molecular weight excluding hydrogens is 383 g/mol. The number of aromatic nitrogens is 1. The Labute approximate surface area is 164 Å². The lowest BCUT2D eigenvalue weighted by Gasteiger charge is -2.09. The van der Waals surface area contributed by atoms with Crippen molar-refractivity contribution in [2.45, 2.75) is 12.7 Å². The van der Waals surface area contributed by atoms with E-state index >= 15 is 0 Å². The number of alkyl halides is 3. The van der Waals surface area contributed by atoms with Crippen molar-refractivity contribution >= 4 is 17.5 Å². The second-order valence-corrected chi connectivity index (χ2v) is 6.13. The van der Waals surface area contributed by atoms with Gasteiger partial charge in [0, 0.05) is 24.0 Å². The first-order valence-electron chi connectivity index (χ1n) is 8.60. The molecule has 0 saturated carbocycles. The van der Waals surface area contributed by atoms with Gasteiger partial charge in [0.1, 0.15) is 5.69 Å². The van der Waals surface area contributed by atoms with E-state index in [1.807, 2.05) is 30.3 Å². The smallest absolute Gasteiger partial charge is 0.348 e. The molecule has 0 bridgehead atoms. The molecule has 0 aliphatic carbocycles. The van der Waals surface area contributed by atoms with Crippen LogP contribution in [-0.4, -0.2) is 16.8 Å². The average Bonchev–Trinajstić information content (AvgIpc) is 2.72. The number of nitrogens with one attached hydrogen (secondary N) is 2. The van der Waals surface area contributed by atoms with Crippen molar-refractivity contribution in [1.82, 2.24) is 10.3 Å². The molecule has 5 nitrogen and oxygen atoms in total. The van der Waals surface area contributed by atoms with E-state index in [4.69, 9.17) is 0 Å². The molecule has 1 aromatic heterocycles. The summed E-state index contributed by atoms with van der Waals surface area (Å²) in [5, 5.41) is 5.21. The molecule has 0 atom stereocenters. The van der Waals surface area contributed by atoms with Gasteiger partial charge in [0.15, 0.2) is 0 Å². The van der Waals surface area contributed by atoms with Gasteiger partial charge in [-0.25, -0.2) is 0 Å². The first kappa shape index (κ1) is 20.1. The number of hydrogen-bond acceptors (Lipinski definition) is 3. The van der Waals surface area contributed by atoms with Crippen LogP contribution in [0.25, 0.3) is 0 Å². The van der Waals surface area contributed by atoms with E-state index in [0.717, 1.165) is 29.8 Å². The molecule has 8 heteroatoms. The highest BCUT2D eigenvalue weighted by molar-refractivity contribution is 6.04. The van der Waals surface area contributed by atoms with Crippen LogP contribution in [-0.2, 0) is 12.7 Å². The lowest BCUT2D eigenvalue weighted by molar-refractivity contribution is -0.137. The van der Waals surface area contributed by atoms with E-state index in [-0.39, 0.29) is 22.9 Å². The van der Waals surface area contributed by atoms with Gasteiger partial charge in [-0.1, -0.05) is 30.3 Å². The zero-order valence-electron chi connectivity index (χ0n) is 15.0. The van der Waals surface area contributed by atoms with Gasteiger partial charge in [0.2, 0.25) is 0 Å². The maximum absolute atomic E-state index is 12.6. The third kappa shape index (κ3) is 5.41. The number of carbonyl (C=O) groups excluding carboxylic acids is 2. The highest BCUT2D eigenvalue weighted by atomic mass is 19.4. The van der Waals surface area contributed by atoms with Crippen molar-refractivity contribution < 1.29 is 22.8 Å². The molecule has 0 aliphatic rings. The van der Waals surface area contributed by atoms with Crippen molar-refractivity contribution in [3.8, 4) is 0 Å². The number of carbonyl (C=O) groups is 2. The largest absolute Gasteiger partial charge is 0.416 e. The number of benzene rings is 2. The highest BCUT2D eigenvalue weighted by Crippen LogP contribution is 2.29. The Morgan fingerprint density at radius 1 is 0.897 bits per heavy atom. The average molecular weight is 399 g/mol. The van der Waals surface area contributed by atoms with Crippen molar-refractivity contribution in [3.05, 3.63) is 95.3 Å². The second-order valence-electron chi connectivity index (χ2n) is 6.13. The number of hydrogen-bond donors (Lipinski definition) is 2. The second kappa shape index (κ2) is 8.55. The molecule has 2 aromatic carbocycles. The molecule has 0 spiro atoms. The minimum absolute atomic E-state index is 0.0303. The third-order valence-electron chi connectivity index (χ3n) is 4.02. The van der Waals surface area contributed by atoms with Gasteiger partial charge in [-0.2, -0.15) is 13.2 Å². The molecule has 1 heterocycles. The Morgan fingerprint density at radius 3 is 2.24 bits per heavy atom. The number of nitrogens with zero attached hydrogens (tertiary/aromatic N) is 1. The van der Waals surface area contributed by atoms with Crippen LogP contribution in [0.1, 0.15) is 32.0 Å². The predicted octanol–water partition coefficient (Wildman–Crippen LogP) is 4.28. The van der Waals surface area contributed by atoms with Gasteiger partial charge in [-0.3, -0.25) is 14.6 Å². The van der Waals surface area contributed by atoms with Gasteiger partial charge >= 0.3 is 6.18 Å². The molecule has 3 aromatic rings. The molecule has 0 radical (unpaired) electrons. The van der Waals surface area contributed by atoms with Crippen molar-refractivity contribution in [3.63, 3.8) is 0 Å². The summed E-state index contributed by atoms with van der Waals surface area (Å²) in [5.74, 6) is -1.01. The Balaban J connectivity index is 1.65. The fourth-order valence-corrected chi connectivity index (χ4v) is 2.51. The van der Waals surface area contributed by atoms with Gasteiger partial charge in [-0.05, 0) is 42.0 Å². The van der Waals surface area contributed by atoms with E-state index in [2.05, 4.69) is 15.6 Å². The van der Waals surface area contributed by atoms with Gasteiger partial charge in [0.25, 0.3) is 11.8 Å². The summed E-state index contributed by atoms with van der Waals surface area (Å²) < 4.78 is 37.8. The maximum Gasteiger partial charge on any atom is 0.416 e. The van der Waals surface area contributed by atoms with Crippen LogP contribution in [0.3, 0.4) is 0 Å². The fraction of sp³-hybridized carbons (Fsp3) is 0.0952. The first-order chi connectivity index (χ1) is 13.8. The molecule has 148 valence electrons. The highest BCUT2D eigenvalue weighted by Gasteiger charge is 2.30. The summed E-state index contributed by atoms with van der Waals surface area (Å²) in [7, 11) is 0. The van der Waals surface area contributed by atoms with E-state index in [0.29, 0.717) is 6.54 Å². The summed E-state index contributed by atoms with van der Waals surface area (Å²) in [5.41, 5.74) is 0.510. The van der Waals surface area contributed by atoms with Gasteiger partial charge in [0.05, 0.1) is 5.56 Å². The molecule has 2 N–H and O–H groups in total. The van der Waals surface area contributed by atoms with Crippen molar-refractivity contribution in [1.29, 1.82) is 0 Å². The summed E-state index contributed by atoms with van der Waals surface area (Å²) in [4.78, 5) is 28.5. The summed E-state index contributed by atoms with van der Waals surface area (Å²) >= 11 is 0. The van der Waals surface area contributed by atoms with Gasteiger partial charge < -0.3 is 10.6 Å². The third-order valence-corrected chi connectivity index (χ3v) is 4.02. The Bertz CT molecular complexity index is 1000. The summed E-state index contributed by atoms with van der Waals surface area (Å²) in [6, 6.07) is 16.2. The molecule has 3 rings (SSSR count). The lowest BCUT2D eigenvalue weighted by Crippen LogP contribution is -2.23. The Hall–Kier alpha value is -3.68. The topological polar surface area (TPSA) is 71.1 Å². The number of rotatable bonds is 5. The van der Waals surface area contributed by atoms with Crippen molar-refractivity contribution in [2.24, 2.45) is 0 Å². The Morgan fingerprint density at radius 2 is 1.59 bits per heavy atom. The Kier molecular flexibility index (Phi) is 5.92. The molecule has 0 aliphatic heterocycles. The van der Waals surface area contributed by atoms with Crippen LogP contribution in [0.2, 0.25) is 0 Å². The number of pyridine rings is 1. The number of amides is 2. The van der Waals surface area contributed by atoms with Crippen LogP contribution < -0.4 is 10.6 Å². The normalized spacial score (nSPS) is 11.0. The van der Waals surface area contributed by atoms with Crippen molar-refractivity contribution in [2.75, 3.05) is 5.32 Å². The summed E-state index contributed by atoms with van der Waals surface area (Å²) in [6.45, 7) is 0.328. The van der Waals surface area contributed by atoms with Crippen LogP contribution in [0.5, 0.6) is 0 Å². The van der Waals surface area contributed by atoms with E-state index in [1.165, 1.54) is 18.3 Å². The summed E-state index contributed by atoms with van der Waals surface area (Å²) in [6.07, 6.45) is -3.13. The SMILES string of the molecule is O=C(NCc1ccccc1)c1ccnc(C(=O)Nc2ccc(C(F)(F)F)cc2)c1. The molecule has 2 amide bonds. The quantitative estimate of drug-likeness (QED) is 0.673. The standard InChI is InChI=1S/C21H16F3N3O2/c22-21(23,24)16-6-8-17(9-7-16)27-20(29)18-12-15(10-11-25-18)19(28)26-13-14-4-2-1-3-5-14/h1-12H,13H2,(H,26,28)(H,27,29). The zero-order chi connectivity index (χ0) is 20.9. The first-order valence-corrected chi connectivity index (χ1v) is 8.60. The van der Waals surface area contributed by atoms with E-state index in [1.54, 1.807) is 0 Å². The van der Waals surface area contributed by atoms with Crippen LogP contribution in [0.4, 0.5) is 18.9 Å². The number of halogens is 3. The van der Waals surface area contributed by atoms with E-state index < -0.39 is 17.6 Å². The predicted molar refractivity (Wildman–Crippen MR) is 101 cm³/mol.